The summed E-state index contributed by atoms with van der Waals surface area (Å²) in [5, 5.41) is 0. The first-order valence-corrected chi connectivity index (χ1v) is 45.0. The van der Waals surface area contributed by atoms with Crippen LogP contribution in [0.1, 0.15) is 291 Å². The van der Waals surface area contributed by atoms with Crippen LogP contribution in [0.5, 0.6) is 0 Å². The molecule has 21 saturated carbocycles. The van der Waals surface area contributed by atoms with Gasteiger partial charge in [0.15, 0.2) is 0 Å². The van der Waals surface area contributed by atoms with Crippen LogP contribution >= 0.6 is 0 Å². The second-order valence-corrected chi connectivity index (χ2v) is 45.0. The molecule has 22 bridgehead atoms. The normalized spacial score (nSPS) is 55.2. The average Bonchev–Trinajstić information content (AvgIpc) is 1.31. The van der Waals surface area contributed by atoms with Crippen LogP contribution in [0.4, 0.5) is 0 Å². The Bertz CT molecular complexity index is 3120. The van der Waals surface area contributed by atoms with Gasteiger partial charge in [-0.1, -0.05) is 81.6 Å². The Morgan fingerprint density at radius 1 is 0.402 bits per heavy atom. The monoisotopic (exact) mass is 1410 g/mol. The van der Waals surface area contributed by atoms with Gasteiger partial charge in [-0.25, -0.2) is 0 Å². The van der Waals surface area contributed by atoms with Crippen molar-refractivity contribution in [1.82, 2.24) is 0 Å². The summed E-state index contributed by atoms with van der Waals surface area (Å²) in [6, 6.07) is 0. The molecule has 0 spiro atoms. The molecule has 2 aliphatic heterocycles. The first kappa shape index (κ1) is 71.4. The minimum absolute atomic E-state index is 0.0122. The lowest BCUT2D eigenvalue weighted by Crippen LogP contribution is -2.60. The van der Waals surface area contributed by atoms with Crippen molar-refractivity contribution in [3.05, 3.63) is 0 Å². The highest BCUT2D eigenvalue weighted by Crippen LogP contribution is 2.75. The molecule has 102 heavy (non-hydrogen) atoms. The second kappa shape index (κ2) is 25.4. The van der Waals surface area contributed by atoms with E-state index in [4.69, 9.17) is 23.7 Å². The van der Waals surface area contributed by atoms with Crippen molar-refractivity contribution in [2.24, 2.45) is 230 Å². The summed E-state index contributed by atoms with van der Waals surface area (Å²) in [6.45, 7) is 36.6. The second-order valence-electron chi connectivity index (χ2n) is 45.0. The van der Waals surface area contributed by atoms with E-state index in [1.807, 2.05) is 20.8 Å². The lowest BCUT2D eigenvalue weighted by atomic mass is 9.46. The van der Waals surface area contributed by atoms with Crippen LogP contribution < -0.4 is 0 Å². The van der Waals surface area contributed by atoms with Gasteiger partial charge in [0, 0.05) is 11.8 Å². The zero-order chi connectivity index (χ0) is 71.2. The Hall–Kier alpha value is -2.16. The third-order valence-corrected chi connectivity index (χ3v) is 39.6. The number of fused-ring (bicyclic) bond motifs is 29. The molecule has 0 radical (unpaired) electrons. The predicted octanol–water partition coefficient (Wildman–Crippen LogP) is 20.8. The topological polar surface area (TPSA) is 114 Å². The number of esters is 4. The number of ether oxygens (including phenoxy) is 5. The van der Waals surface area contributed by atoms with Crippen molar-refractivity contribution in [3.63, 3.8) is 0 Å². The van der Waals surface area contributed by atoms with E-state index in [0.29, 0.717) is 53.8 Å². The SMILES string of the molecule is CC1C(C)C2CC1C1C3CC(C(=O)OC(C)(C)C)C(C3)C21.CC1C(C)C2CC1C1C3CC(C(=O)OC(C)(C)C45CC6CC(CC(C6)C4)C5)C(C3)C21.CC1C(C)C2CC1C1C3CC(CC(=O)OC(C)(C)C4CCCCC4)C(C3)C21.CCC1(OC(=O)C2CC3OC2C(C)C3C)C2CC3CC(C2)CC1C3. The molecule has 32 unspecified atom stereocenters. The van der Waals surface area contributed by atoms with Gasteiger partial charge < -0.3 is 23.7 Å². The summed E-state index contributed by atoms with van der Waals surface area (Å²) in [5.41, 5.74) is -0.768. The molecular formula is C93H144O9. The molecule has 2 saturated heterocycles. The maximum Gasteiger partial charge on any atom is 0.312 e. The van der Waals surface area contributed by atoms with Gasteiger partial charge in [-0.3, -0.25) is 19.2 Å². The van der Waals surface area contributed by atoms with E-state index < -0.39 is 0 Å². The van der Waals surface area contributed by atoms with E-state index in [1.165, 1.54) is 148 Å². The van der Waals surface area contributed by atoms with Crippen molar-refractivity contribution in [1.29, 1.82) is 0 Å². The van der Waals surface area contributed by atoms with Crippen molar-refractivity contribution in [2.45, 2.75) is 325 Å². The Morgan fingerprint density at radius 3 is 1.28 bits per heavy atom. The summed E-state index contributed by atoms with van der Waals surface area (Å²) in [7, 11) is 0. The van der Waals surface area contributed by atoms with E-state index in [9.17, 15) is 19.2 Å². The third-order valence-electron chi connectivity index (χ3n) is 39.6. The molecule has 2 heterocycles. The van der Waals surface area contributed by atoms with Crippen molar-refractivity contribution in [2.75, 3.05) is 0 Å². The maximum absolute atomic E-state index is 13.7. The van der Waals surface area contributed by atoms with Gasteiger partial charge in [0.05, 0.1) is 30.0 Å². The Balaban J connectivity index is 0.0000000982. The van der Waals surface area contributed by atoms with E-state index in [-0.39, 0.29) is 81.7 Å². The van der Waals surface area contributed by atoms with E-state index in [2.05, 4.69) is 90.0 Å². The lowest BCUT2D eigenvalue weighted by molar-refractivity contribution is -0.216. The predicted molar refractivity (Wildman–Crippen MR) is 399 cm³/mol. The average molecular weight is 1410 g/mol. The largest absolute Gasteiger partial charge is 0.460 e. The van der Waals surface area contributed by atoms with E-state index >= 15 is 0 Å². The molecule has 9 heteroatoms. The molecule has 9 nitrogen and oxygen atoms in total. The minimum Gasteiger partial charge on any atom is -0.460 e. The highest BCUT2D eigenvalue weighted by Gasteiger charge is 2.71. The first-order chi connectivity index (χ1) is 48.4. The fraction of sp³-hybridized carbons (Fsp3) is 0.957. The van der Waals surface area contributed by atoms with Crippen LogP contribution in [0.3, 0.4) is 0 Å². The van der Waals surface area contributed by atoms with Crippen LogP contribution in [0, 0.1) is 230 Å². The minimum atomic E-state index is -0.338. The quantitative estimate of drug-likeness (QED) is 0.113. The van der Waals surface area contributed by atoms with Crippen LogP contribution in [0.25, 0.3) is 0 Å². The van der Waals surface area contributed by atoms with Crippen LogP contribution in [0.15, 0.2) is 0 Å². The molecule has 23 fully saturated rings. The zero-order valence-electron chi connectivity index (χ0n) is 67.1. The van der Waals surface area contributed by atoms with E-state index in [1.54, 1.807) is 0 Å². The van der Waals surface area contributed by atoms with Gasteiger partial charge in [0.25, 0.3) is 0 Å². The van der Waals surface area contributed by atoms with Crippen LogP contribution in [-0.4, -0.2) is 58.5 Å². The van der Waals surface area contributed by atoms with Gasteiger partial charge in [0.2, 0.25) is 0 Å². The van der Waals surface area contributed by atoms with Crippen LogP contribution in [0.2, 0.25) is 0 Å². The van der Waals surface area contributed by atoms with Crippen molar-refractivity contribution >= 4 is 23.9 Å². The number of hydrogen-bond acceptors (Lipinski definition) is 9. The van der Waals surface area contributed by atoms with Crippen molar-refractivity contribution in [3.8, 4) is 0 Å². The highest BCUT2D eigenvalue weighted by molar-refractivity contribution is 5.76. The molecule has 0 N–H and O–H groups in total. The lowest BCUT2D eigenvalue weighted by Gasteiger charge is -2.61. The van der Waals surface area contributed by atoms with Gasteiger partial charge in [-0.15, -0.1) is 0 Å². The fourth-order valence-electron chi connectivity index (χ4n) is 35.2. The smallest absolute Gasteiger partial charge is 0.312 e. The number of rotatable bonds is 11. The number of hydrogen-bond donors (Lipinski definition) is 0. The van der Waals surface area contributed by atoms with Gasteiger partial charge >= 0.3 is 23.9 Å². The van der Waals surface area contributed by atoms with E-state index in [0.717, 1.165) is 185 Å². The fourth-order valence-corrected chi connectivity index (χ4v) is 35.2. The van der Waals surface area contributed by atoms with Crippen molar-refractivity contribution < 1.29 is 42.9 Å². The third kappa shape index (κ3) is 11.2. The molecule has 0 amide bonds. The molecule has 570 valence electrons. The van der Waals surface area contributed by atoms with Gasteiger partial charge in [0.1, 0.15) is 22.4 Å². The summed E-state index contributed by atoms with van der Waals surface area (Å²) >= 11 is 0. The summed E-state index contributed by atoms with van der Waals surface area (Å²) in [5.74, 6) is 30.3. The number of carbonyl (C=O) groups excluding carboxylic acids is 4. The standard InChI is InChI=1S/C28H42O2.C25H40O2.C21H32O3.C19H30O2/c1-14-15(2)21-10-20(14)24-19-8-22(25(21)24)23(9-19)26(29)30-27(3,4)28-11-16-5-17(12-28)7-18(6-16)13-28;1-14-15(2)20-13-19(14)23-17-10-16(21(11-17)24(20)23)12-22(26)27-25(3,4)18-8-6-5-7-9-18;1-4-21(15-6-13-5-14(8-15)9-16(21)7-13)24-20(22)17-10-18-11(2)12(3)19(17)23-18;1-9-10(2)13-8-12(9)16-11-6-14(17(13)16)15(7-11)18(20)21-19(3,4)5/h14-25H,5-13H2,1-4H3;14-21,23-24H,5-13H2,1-4H3;11-19H,4-10H2,1-3H3;9-17H,6-8H2,1-5H3. The Morgan fingerprint density at radius 2 is 0.833 bits per heavy atom. The highest BCUT2D eigenvalue weighted by atomic mass is 16.6. The molecule has 23 aliphatic rings. The summed E-state index contributed by atoms with van der Waals surface area (Å²) in [6.07, 6.45) is 36.4. The molecule has 0 aromatic heterocycles. The first-order valence-electron chi connectivity index (χ1n) is 45.0. The van der Waals surface area contributed by atoms with Gasteiger partial charge in [-0.05, 0) is 410 Å². The summed E-state index contributed by atoms with van der Waals surface area (Å²) in [4.78, 5) is 52.3. The molecule has 0 aromatic carbocycles. The summed E-state index contributed by atoms with van der Waals surface area (Å²) < 4.78 is 31.0. The number of carbonyl (C=O) groups is 4. The Kier molecular flexibility index (Phi) is 17.8. The maximum atomic E-state index is 13.7. The molecule has 23 rings (SSSR count). The Labute approximate surface area is 618 Å². The van der Waals surface area contributed by atoms with Crippen LogP contribution in [-0.2, 0) is 42.9 Å². The molecule has 32 atom stereocenters. The molecular weight excluding hydrogens is 1260 g/mol. The molecule has 0 aromatic rings. The zero-order valence-corrected chi connectivity index (χ0v) is 67.1. The van der Waals surface area contributed by atoms with Gasteiger partial charge in [-0.2, -0.15) is 0 Å². The molecule has 21 aliphatic carbocycles.